The molecule has 5 nitrogen and oxygen atoms in total. The molecular formula is C13H14N2O3. The highest BCUT2D eigenvalue weighted by atomic mass is 16.4. The number of hydrogen-bond acceptors (Lipinski definition) is 2. The van der Waals surface area contributed by atoms with Gasteiger partial charge in [-0.05, 0) is 17.5 Å². The van der Waals surface area contributed by atoms with E-state index in [4.69, 9.17) is 5.11 Å². The van der Waals surface area contributed by atoms with E-state index < -0.39 is 6.09 Å². The lowest BCUT2D eigenvalue weighted by atomic mass is 9.91. The average molecular weight is 246 g/mol. The molecule has 2 amide bonds. The molecule has 18 heavy (non-hydrogen) atoms. The molecule has 0 aliphatic carbocycles. The number of nitrogens with zero attached hydrogens (tertiary/aromatic N) is 2. The van der Waals surface area contributed by atoms with Gasteiger partial charge in [0.2, 0.25) is 5.91 Å². The Morgan fingerprint density at radius 2 is 2.11 bits per heavy atom. The van der Waals surface area contributed by atoms with Gasteiger partial charge in [-0.3, -0.25) is 9.69 Å². The number of benzene rings is 1. The van der Waals surface area contributed by atoms with Gasteiger partial charge in [0.25, 0.3) is 0 Å². The molecule has 2 heterocycles. The summed E-state index contributed by atoms with van der Waals surface area (Å²) < 4.78 is 0. The van der Waals surface area contributed by atoms with E-state index in [0.717, 1.165) is 12.0 Å². The van der Waals surface area contributed by atoms with Crippen LogP contribution >= 0.6 is 0 Å². The average Bonchev–Trinajstić information content (AvgIpc) is 2.38. The highest BCUT2D eigenvalue weighted by Gasteiger charge is 2.38. The summed E-state index contributed by atoms with van der Waals surface area (Å²) in [4.78, 5) is 26.0. The number of carbonyl (C=O) groups excluding carboxylic acids is 1. The normalized spacial score (nSPS) is 22.4. The molecule has 1 N–H and O–H groups in total. The molecule has 0 aromatic heterocycles. The second kappa shape index (κ2) is 4.01. The fourth-order valence-electron chi connectivity index (χ4n) is 2.82. The molecule has 0 spiro atoms. The Kier molecular flexibility index (Phi) is 2.47. The van der Waals surface area contributed by atoms with Crippen molar-refractivity contribution in [3.8, 4) is 0 Å². The third kappa shape index (κ3) is 1.63. The molecule has 1 saturated heterocycles. The van der Waals surface area contributed by atoms with Gasteiger partial charge in [0.15, 0.2) is 0 Å². The SMILES string of the molecule is O=C(O)N1CC(=O)N2CCc3ccccc3C2C1. The third-order valence-electron chi connectivity index (χ3n) is 3.72. The van der Waals surface area contributed by atoms with Crippen LogP contribution in [0.15, 0.2) is 24.3 Å². The maximum absolute atomic E-state index is 12.0. The van der Waals surface area contributed by atoms with Crippen LogP contribution in [0.5, 0.6) is 0 Å². The van der Waals surface area contributed by atoms with E-state index in [9.17, 15) is 9.59 Å². The van der Waals surface area contributed by atoms with Gasteiger partial charge >= 0.3 is 6.09 Å². The summed E-state index contributed by atoms with van der Waals surface area (Å²) in [5.74, 6) is -0.0943. The largest absolute Gasteiger partial charge is 0.465 e. The first-order chi connectivity index (χ1) is 8.66. The van der Waals surface area contributed by atoms with Gasteiger partial charge in [-0.2, -0.15) is 0 Å². The maximum Gasteiger partial charge on any atom is 0.407 e. The Morgan fingerprint density at radius 3 is 2.89 bits per heavy atom. The second-order valence-electron chi connectivity index (χ2n) is 4.71. The van der Waals surface area contributed by atoms with Gasteiger partial charge in [0, 0.05) is 13.1 Å². The Morgan fingerprint density at radius 1 is 1.33 bits per heavy atom. The van der Waals surface area contributed by atoms with Gasteiger partial charge in [-0.15, -0.1) is 0 Å². The van der Waals surface area contributed by atoms with Crippen molar-refractivity contribution >= 4 is 12.0 Å². The number of piperazine rings is 1. The second-order valence-corrected chi connectivity index (χ2v) is 4.71. The summed E-state index contributed by atoms with van der Waals surface area (Å²) in [5, 5.41) is 9.05. The van der Waals surface area contributed by atoms with Crippen molar-refractivity contribution in [3.63, 3.8) is 0 Å². The van der Waals surface area contributed by atoms with Gasteiger partial charge in [-0.1, -0.05) is 24.3 Å². The Labute approximate surface area is 105 Å². The van der Waals surface area contributed by atoms with Gasteiger partial charge in [-0.25, -0.2) is 4.79 Å². The number of rotatable bonds is 0. The Balaban J connectivity index is 1.98. The molecule has 0 bridgehead atoms. The Hall–Kier alpha value is -2.04. The van der Waals surface area contributed by atoms with Crippen molar-refractivity contribution in [2.24, 2.45) is 0 Å². The highest BCUT2D eigenvalue weighted by molar-refractivity contribution is 5.84. The minimum atomic E-state index is -1.02. The summed E-state index contributed by atoms with van der Waals surface area (Å²) in [6.45, 7) is 1.04. The fourth-order valence-corrected chi connectivity index (χ4v) is 2.82. The Bertz CT molecular complexity index is 515. The summed E-state index contributed by atoms with van der Waals surface area (Å²) in [6.07, 6.45) is -0.170. The zero-order valence-corrected chi connectivity index (χ0v) is 9.87. The first-order valence-electron chi connectivity index (χ1n) is 6.02. The van der Waals surface area contributed by atoms with Crippen LogP contribution in [0.25, 0.3) is 0 Å². The zero-order valence-electron chi connectivity index (χ0n) is 9.87. The van der Waals surface area contributed by atoms with Crippen LogP contribution in [0, 0.1) is 0 Å². The van der Waals surface area contributed by atoms with E-state index in [-0.39, 0.29) is 18.5 Å². The van der Waals surface area contributed by atoms with E-state index in [1.54, 1.807) is 0 Å². The molecule has 2 aliphatic rings. The molecule has 1 aromatic rings. The van der Waals surface area contributed by atoms with Crippen molar-refractivity contribution in [2.45, 2.75) is 12.5 Å². The number of fused-ring (bicyclic) bond motifs is 3. The first-order valence-corrected chi connectivity index (χ1v) is 6.02. The zero-order chi connectivity index (χ0) is 12.7. The summed E-state index contributed by atoms with van der Waals surface area (Å²) >= 11 is 0. The quantitative estimate of drug-likeness (QED) is 0.745. The summed E-state index contributed by atoms with van der Waals surface area (Å²) in [6, 6.07) is 7.84. The lowest BCUT2D eigenvalue weighted by molar-refractivity contribution is -0.139. The van der Waals surface area contributed by atoms with Crippen LogP contribution in [0.2, 0.25) is 0 Å². The molecule has 1 unspecified atom stereocenters. The molecule has 1 atom stereocenters. The lowest BCUT2D eigenvalue weighted by Gasteiger charge is -2.43. The van der Waals surface area contributed by atoms with Gasteiger partial charge in [0.05, 0.1) is 6.04 Å². The van der Waals surface area contributed by atoms with E-state index in [1.807, 2.05) is 23.1 Å². The predicted octanol–water partition coefficient (Wildman–Crippen LogP) is 1.11. The third-order valence-corrected chi connectivity index (χ3v) is 3.72. The molecule has 94 valence electrons. The smallest absolute Gasteiger partial charge is 0.407 e. The number of hydrogen-bond donors (Lipinski definition) is 1. The molecular weight excluding hydrogens is 232 g/mol. The fraction of sp³-hybridized carbons (Fsp3) is 0.385. The molecule has 0 saturated carbocycles. The topological polar surface area (TPSA) is 60.9 Å². The van der Waals surface area contributed by atoms with Crippen LogP contribution in [-0.2, 0) is 11.2 Å². The molecule has 3 rings (SSSR count). The van der Waals surface area contributed by atoms with Crippen LogP contribution in [0.1, 0.15) is 17.2 Å². The van der Waals surface area contributed by atoms with Crippen LogP contribution < -0.4 is 0 Å². The van der Waals surface area contributed by atoms with E-state index in [0.29, 0.717) is 13.1 Å². The van der Waals surface area contributed by atoms with Crippen LogP contribution in [-0.4, -0.2) is 46.5 Å². The van der Waals surface area contributed by atoms with Crippen LogP contribution in [0.3, 0.4) is 0 Å². The van der Waals surface area contributed by atoms with Crippen molar-refractivity contribution < 1.29 is 14.7 Å². The number of carboxylic acid groups (broad SMARTS) is 1. The monoisotopic (exact) mass is 246 g/mol. The summed E-state index contributed by atoms with van der Waals surface area (Å²) in [7, 11) is 0. The minimum Gasteiger partial charge on any atom is -0.465 e. The van der Waals surface area contributed by atoms with Crippen molar-refractivity contribution in [3.05, 3.63) is 35.4 Å². The summed E-state index contributed by atoms with van der Waals surface area (Å²) in [5.41, 5.74) is 2.31. The van der Waals surface area contributed by atoms with E-state index >= 15 is 0 Å². The van der Waals surface area contributed by atoms with Crippen molar-refractivity contribution in [1.82, 2.24) is 9.80 Å². The number of amides is 2. The van der Waals surface area contributed by atoms with Crippen LogP contribution in [0.4, 0.5) is 4.79 Å². The molecule has 0 radical (unpaired) electrons. The first kappa shape index (κ1) is 11.1. The molecule has 1 fully saturated rings. The van der Waals surface area contributed by atoms with Crippen molar-refractivity contribution in [1.29, 1.82) is 0 Å². The van der Waals surface area contributed by atoms with Gasteiger partial charge < -0.3 is 10.0 Å². The minimum absolute atomic E-state index is 0.0198. The highest BCUT2D eigenvalue weighted by Crippen LogP contribution is 2.32. The molecule has 5 heteroatoms. The molecule has 1 aromatic carbocycles. The van der Waals surface area contributed by atoms with E-state index in [1.165, 1.54) is 10.5 Å². The van der Waals surface area contributed by atoms with E-state index in [2.05, 4.69) is 6.07 Å². The van der Waals surface area contributed by atoms with Crippen molar-refractivity contribution in [2.75, 3.05) is 19.6 Å². The predicted molar refractivity (Wildman–Crippen MR) is 64.2 cm³/mol. The number of carbonyl (C=O) groups is 2. The standard InChI is InChI=1S/C13H14N2O3/c16-12-8-14(13(17)18)7-11-10-4-2-1-3-9(10)5-6-15(11)12/h1-4,11H,5-8H2,(H,17,18). The van der Waals surface area contributed by atoms with Gasteiger partial charge in [0.1, 0.15) is 6.54 Å². The maximum atomic E-state index is 12.0. The lowest BCUT2D eigenvalue weighted by Crippen LogP contribution is -2.55. The molecule has 2 aliphatic heterocycles.